The van der Waals surface area contributed by atoms with Gasteiger partial charge in [0.05, 0.1) is 0 Å². The fourth-order valence-electron chi connectivity index (χ4n) is 4.84. The van der Waals surface area contributed by atoms with Gasteiger partial charge >= 0.3 is 5.97 Å². The van der Waals surface area contributed by atoms with Crippen LogP contribution in [0.1, 0.15) is 168 Å². The van der Waals surface area contributed by atoms with Crippen molar-refractivity contribution in [3.8, 4) is 0 Å². The number of aliphatic carboxylic acids is 1. The Bertz CT molecular complexity index is 484. The first kappa shape index (κ1) is 33.9. The summed E-state index contributed by atoms with van der Waals surface area (Å²) in [6.07, 6.45) is 28.2. The minimum atomic E-state index is -0.659. The molecule has 0 heterocycles. The molecule has 1 rings (SSSR count). The molecule has 0 radical (unpaired) electrons. The third kappa shape index (κ3) is 25.8. The first-order chi connectivity index (χ1) is 17.0. The van der Waals surface area contributed by atoms with Crippen LogP contribution >= 0.6 is 0 Å². The minimum absolute atomic E-state index is 0.233. The predicted molar refractivity (Wildman–Crippen MR) is 150 cm³/mol. The van der Waals surface area contributed by atoms with Gasteiger partial charge in [0.25, 0.3) is 0 Å². The number of rotatable bonds is 21. The first-order valence-electron chi connectivity index (χ1n) is 15.3. The highest BCUT2D eigenvalue weighted by Crippen LogP contribution is 2.17. The van der Waals surface area contributed by atoms with Gasteiger partial charge in [-0.25, -0.2) is 0 Å². The minimum Gasteiger partial charge on any atom is -0.481 e. The maximum absolute atomic E-state index is 11.9. The van der Waals surface area contributed by atoms with Crippen molar-refractivity contribution in [2.75, 3.05) is 0 Å². The molecule has 35 heavy (non-hydrogen) atoms. The number of hydrogen-bond donors (Lipinski definition) is 3. The van der Waals surface area contributed by atoms with E-state index in [-0.39, 0.29) is 11.9 Å². The highest BCUT2D eigenvalue weighted by Gasteiger charge is 2.20. The lowest BCUT2D eigenvalue weighted by Gasteiger charge is -2.27. The van der Waals surface area contributed by atoms with E-state index in [1.54, 1.807) is 0 Å². The van der Waals surface area contributed by atoms with Gasteiger partial charge in [-0.2, -0.15) is 0 Å². The number of amides is 1. The van der Waals surface area contributed by atoms with Gasteiger partial charge in [0.2, 0.25) is 5.91 Å². The second kappa shape index (κ2) is 26.0. The fraction of sp³-hybridized carbons (Fsp3) is 0.933. The molecule has 1 aliphatic rings. The van der Waals surface area contributed by atoms with Crippen molar-refractivity contribution in [2.45, 2.75) is 180 Å². The van der Waals surface area contributed by atoms with Crippen LogP contribution in [0.4, 0.5) is 0 Å². The molecule has 0 spiro atoms. The van der Waals surface area contributed by atoms with Crippen LogP contribution < -0.4 is 11.1 Å². The molecule has 5 nitrogen and oxygen atoms in total. The van der Waals surface area contributed by atoms with Gasteiger partial charge < -0.3 is 16.2 Å². The Morgan fingerprint density at radius 1 is 0.686 bits per heavy atom. The van der Waals surface area contributed by atoms with Crippen molar-refractivity contribution < 1.29 is 14.7 Å². The van der Waals surface area contributed by atoms with Gasteiger partial charge in [-0.1, -0.05) is 117 Å². The standard InChI is InChI=1S/C18H36N2O.C12H24O2/c1-2-3-4-5-6-7-8-9-10-14-18(21)20-17-13-11-12-16(19)15-17;1-2-3-4-5-6-7-8-9-10-11-12(13)14/h16-17H,2-15,19H2,1H3,(H,20,21);2-11H2,1H3,(H,13,14). The summed E-state index contributed by atoms with van der Waals surface area (Å²) in [4.78, 5) is 22.1. The molecule has 0 bridgehead atoms. The number of nitrogens with one attached hydrogen (secondary N) is 1. The van der Waals surface area contributed by atoms with Crippen LogP contribution in [-0.4, -0.2) is 29.1 Å². The van der Waals surface area contributed by atoms with Crippen molar-refractivity contribution in [3.05, 3.63) is 0 Å². The molecule has 0 aromatic carbocycles. The first-order valence-corrected chi connectivity index (χ1v) is 15.3. The van der Waals surface area contributed by atoms with Crippen LogP contribution in [0.25, 0.3) is 0 Å². The van der Waals surface area contributed by atoms with Gasteiger partial charge in [-0.05, 0) is 38.5 Å². The average molecular weight is 497 g/mol. The molecule has 208 valence electrons. The number of carboxylic acids is 1. The zero-order chi connectivity index (χ0) is 26.0. The molecule has 1 amide bonds. The molecule has 2 unspecified atom stereocenters. The summed E-state index contributed by atoms with van der Waals surface area (Å²) in [6, 6.07) is 0.622. The van der Waals surface area contributed by atoms with Gasteiger partial charge in [-0.3, -0.25) is 9.59 Å². The lowest BCUT2D eigenvalue weighted by atomic mass is 9.91. The molecule has 0 aromatic rings. The SMILES string of the molecule is CCCCCCCCCCCC(=O)NC1CCCC(N)C1.CCCCCCCCCCCC(=O)O. The zero-order valence-electron chi connectivity index (χ0n) is 23.5. The van der Waals surface area contributed by atoms with E-state index in [1.807, 2.05) is 0 Å². The Balaban J connectivity index is 0.000000720. The number of carboxylic acid groups (broad SMARTS) is 1. The molecule has 0 aliphatic heterocycles. The second-order valence-electron chi connectivity index (χ2n) is 10.7. The van der Waals surface area contributed by atoms with E-state index in [9.17, 15) is 9.59 Å². The Kier molecular flexibility index (Phi) is 25.2. The molecule has 5 heteroatoms. The van der Waals surface area contributed by atoms with E-state index in [2.05, 4.69) is 19.2 Å². The maximum atomic E-state index is 11.9. The third-order valence-electron chi connectivity index (χ3n) is 7.08. The summed E-state index contributed by atoms with van der Waals surface area (Å²) in [5.41, 5.74) is 5.95. The van der Waals surface area contributed by atoms with E-state index in [4.69, 9.17) is 10.8 Å². The summed E-state index contributed by atoms with van der Waals surface area (Å²) < 4.78 is 0. The topological polar surface area (TPSA) is 92.4 Å². The summed E-state index contributed by atoms with van der Waals surface area (Å²) in [6.45, 7) is 4.48. The second-order valence-corrected chi connectivity index (χ2v) is 10.7. The van der Waals surface area contributed by atoms with E-state index in [1.165, 1.54) is 96.3 Å². The number of hydrogen-bond acceptors (Lipinski definition) is 3. The molecule has 2 atom stereocenters. The fourth-order valence-corrected chi connectivity index (χ4v) is 4.84. The Morgan fingerprint density at radius 2 is 1.11 bits per heavy atom. The zero-order valence-corrected chi connectivity index (χ0v) is 23.5. The largest absolute Gasteiger partial charge is 0.481 e. The Labute approximate surface area is 217 Å². The van der Waals surface area contributed by atoms with Crippen LogP contribution in [0.15, 0.2) is 0 Å². The lowest BCUT2D eigenvalue weighted by molar-refractivity contribution is -0.137. The van der Waals surface area contributed by atoms with Gasteiger partial charge in [-0.15, -0.1) is 0 Å². The van der Waals surface area contributed by atoms with E-state index < -0.39 is 5.97 Å². The number of carbonyl (C=O) groups is 2. The number of unbranched alkanes of at least 4 members (excludes halogenated alkanes) is 16. The number of carbonyl (C=O) groups excluding carboxylic acids is 1. The van der Waals surface area contributed by atoms with Gasteiger partial charge in [0.15, 0.2) is 0 Å². The van der Waals surface area contributed by atoms with Crippen LogP contribution in [0.5, 0.6) is 0 Å². The Morgan fingerprint density at radius 3 is 1.54 bits per heavy atom. The normalized spacial score (nSPS) is 17.5. The molecule has 1 aliphatic carbocycles. The molecule has 1 fully saturated rings. The third-order valence-corrected chi connectivity index (χ3v) is 7.08. The average Bonchev–Trinajstić information content (AvgIpc) is 2.82. The summed E-state index contributed by atoms with van der Waals surface area (Å²) in [5, 5.41) is 11.6. The highest BCUT2D eigenvalue weighted by molar-refractivity contribution is 5.76. The lowest BCUT2D eigenvalue weighted by Crippen LogP contribution is -2.42. The summed E-state index contributed by atoms with van der Waals surface area (Å²) in [7, 11) is 0. The quantitative estimate of drug-likeness (QED) is 0.139. The molecule has 0 aromatic heterocycles. The Hall–Kier alpha value is -1.10. The smallest absolute Gasteiger partial charge is 0.303 e. The maximum Gasteiger partial charge on any atom is 0.303 e. The van der Waals surface area contributed by atoms with Crippen LogP contribution in [0, 0.1) is 0 Å². The van der Waals surface area contributed by atoms with Crippen LogP contribution in [0.2, 0.25) is 0 Å². The van der Waals surface area contributed by atoms with Gasteiger partial charge in [0, 0.05) is 24.9 Å². The molecule has 1 saturated carbocycles. The van der Waals surface area contributed by atoms with Crippen molar-refractivity contribution in [2.24, 2.45) is 5.73 Å². The molecular formula is C30H60N2O3. The van der Waals surface area contributed by atoms with Crippen LogP contribution in [0.3, 0.4) is 0 Å². The van der Waals surface area contributed by atoms with E-state index in [0.717, 1.165) is 44.9 Å². The number of nitrogens with two attached hydrogens (primary N) is 1. The monoisotopic (exact) mass is 496 g/mol. The molecule has 4 N–H and O–H groups in total. The van der Waals surface area contributed by atoms with E-state index in [0.29, 0.717) is 18.9 Å². The summed E-state index contributed by atoms with van der Waals surface area (Å²) in [5.74, 6) is -0.426. The van der Waals surface area contributed by atoms with Crippen LogP contribution in [-0.2, 0) is 9.59 Å². The van der Waals surface area contributed by atoms with Gasteiger partial charge in [0.1, 0.15) is 0 Å². The molecule has 0 saturated heterocycles. The highest BCUT2D eigenvalue weighted by atomic mass is 16.4. The van der Waals surface area contributed by atoms with E-state index >= 15 is 0 Å². The van der Waals surface area contributed by atoms with Crippen molar-refractivity contribution >= 4 is 11.9 Å². The van der Waals surface area contributed by atoms with Crippen molar-refractivity contribution in [1.29, 1.82) is 0 Å². The summed E-state index contributed by atoms with van der Waals surface area (Å²) >= 11 is 0. The predicted octanol–water partition coefficient (Wildman–Crippen LogP) is 8.29. The van der Waals surface area contributed by atoms with Crippen molar-refractivity contribution in [1.82, 2.24) is 5.32 Å². The molecular weight excluding hydrogens is 436 g/mol. The van der Waals surface area contributed by atoms with Crippen molar-refractivity contribution in [3.63, 3.8) is 0 Å².